The van der Waals surface area contributed by atoms with Crippen molar-refractivity contribution in [1.29, 1.82) is 0 Å². The van der Waals surface area contributed by atoms with Crippen LogP contribution in [0.5, 0.6) is 0 Å². The molecule has 34 heavy (non-hydrogen) atoms. The summed E-state index contributed by atoms with van der Waals surface area (Å²) in [6, 6.07) is 19.5. The van der Waals surface area contributed by atoms with Gasteiger partial charge in [-0.05, 0) is 48.0 Å². The second-order valence-corrected chi connectivity index (χ2v) is 8.18. The van der Waals surface area contributed by atoms with Gasteiger partial charge in [0, 0.05) is 41.9 Å². The first-order chi connectivity index (χ1) is 16.1. The number of hydrogen-bond acceptors (Lipinski definition) is 6. The Kier molecular flexibility index (Phi) is 5.54. The number of fused-ring (bicyclic) bond motifs is 2. The van der Waals surface area contributed by atoms with Crippen LogP contribution in [0.1, 0.15) is 25.2 Å². The quantitative estimate of drug-likeness (QED) is 0.277. The van der Waals surface area contributed by atoms with Crippen LogP contribution < -0.4 is 0 Å². The van der Waals surface area contributed by atoms with Gasteiger partial charge in [0.1, 0.15) is 11.9 Å². The number of imidazole rings is 2. The van der Waals surface area contributed by atoms with Crippen LogP contribution in [0.2, 0.25) is 0 Å². The van der Waals surface area contributed by atoms with E-state index in [1.54, 1.807) is 21.5 Å². The Balaban J connectivity index is 0.00000241. The van der Waals surface area contributed by atoms with Gasteiger partial charge >= 0.3 is 21.1 Å². The van der Waals surface area contributed by atoms with Gasteiger partial charge in [-0.2, -0.15) is 0 Å². The fourth-order valence-electron chi connectivity index (χ4n) is 3.86. The smallest absolute Gasteiger partial charge is 0.396 e. The van der Waals surface area contributed by atoms with Crippen molar-refractivity contribution in [3.8, 4) is 11.9 Å². The molecule has 0 fully saturated rings. The molecule has 0 atom stereocenters. The molecule has 0 aliphatic rings. The third-order valence-corrected chi connectivity index (χ3v) is 5.75. The fourth-order valence-corrected chi connectivity index (χ4v) is 3.86. The van der Waals surface area contributed by atoms with Crippen molar-refractivity contribution in [3.63, 3.8) is 0 Å². The van der Waals surface area contributed by atoms with Crippen LogP contribution in [0.25, 0.3) is 34.0 Å². The summed E-state index contributed by atoms with van der Waals surface area (Å²) in [6.45, 7) is 4.16. The van der Waals surface area contributed by atoms with E-state index in [4.69, 9.17) is 9.97 Å². The van der Waals surface area contributed by atoms with E-state index in [1.807, 2.05) is 60.7 Å². The molecule has 2 aromatic carbocycles. The normalized spacial score (nSPS) is 11.6. The van der Waals surface area contributed by atoms with Crippen molar-refractivity contribution in [1.82, 2.24) is 39.0 Å². The van der Waals surface area contributed by atoms with Crippen LogP contribution in [-0.4, -0.2) is 39.0 Å². The zero-order valence-electron chi connectivity index (χ0n) is 18.3. The van der Waals surface area contributed by atoms with Gasteiger partial charge in [-0.25, -0.2) is 0 Å². The third-order valence-electron chi connectivity index (χ3n) is 5.75. The number of hydrogen-bond donors (Lipinski definition) is 0. The van der Waals surface area contributed by atoms with E-state index in [0.717, 1.165) is 33.5 Å². The minimum atomic E-state index is -0.512. The predicted octanol–water partition coefficient (Wildman–Crippen LogP) is 3.87. The molecule has 6 aromatic rings. The molecular weight excluding hydrogens is 607 g/mol. The largest absolute Gasteiger partial charge is 2.00 e. The van der Waals surface area contributed by atoms with Crippen molar-refractivity contribution >= 4 is 22.1 Å². The van der Waals surface area contributed by atoms with Crippen molar-refractivity contribution in [2.75, 3.05) is 0 Å². The van der Waals surface area contributed by atoms with Gasteiger partial charge in [0.2, 0.25) is 0 Å². The molecule has 0 radical (unpaired) electrons. The molecule has 0 unspecified atom stereocenters. The van der Waals surface area contributed by atoms with Gasteiger partial charge in [-0.1, -0.05) is 48.5 Å². The van der Waals surface area contributed by atoms with Crippen molar-refractivity contribution in [2.24, 2.45) is 0 Å². The van der Waals surface area contributed by atoms with Crippen LogP contribution in [-0.2, 0) is 26.5 Å². The van der Waals surface area contributed by atoms with E-state index < -0.39 is 5.41 Å². The van der Waals surface area contributed by atoms with Crippen LogP contribution in [0.4, 0.5) is 0 Å². The fraction of sp³-hybridized carbons (Fsp3) is 0.120. The molecule has 0 saturated heterocycles. The molecular formula is C25H18N8Pt. The maximum Gasteiger partial charge on any atom is 2.00 e. The van der Waals surface area contributed by atoms with Crippen LogP contribution >= 0.6 is 0 Å². The van der Waals surface area contributed by atoms with Crippen molar-refractivity contribution < 1.29 is 21.1 Å². The molecule has 0 amide bonds. The van der Waals surface area contributed by atoms with Crippen LogP contribution in [0.3, 0.4) is 0 Å². The van der Waals surface area contributed by atoms with Crippen LogP contribution in [0, 0.1) is 12.7 Å². The third kappa shape index (κ3) is 3.60. The monoisotopic (exact) mass is 625 g/mol. The molecule has 9 heteroatoms. The average molecular weight is 626 g/mol. The Bertz CT molecular complexity index is 1500. The molecule has 4 heterocycles. The second-order valence-electron chi connectivity index (χ2n) is 8.18. The summed E-state index contributed by atoms with van der Waals surface area (Å²) < 4.78 is 3.54. The minimum absolute atomic E-state index is 0. The molecule has 168 valence electrons. The SMILES string of the molecule is CC(C)(c1ccnc(-n2[c-]nc3ccccc32)n1)c1ccnc(-n2[c-]nc3ccccc32)n1.[Pt+2]. The number of nitrogens with zero attached hydrogens (tertiary/aromatic N) is 8. The standard InChI is InChI=1S/C25H18N8.Pt/c1-25(2,21-11-13-26-23(30-21)32-15-28-17-7-3-5-9-19(17)32)22-12-14-27-24(31-22)33-16-29-18-8-4-6-10-20(18)33;/h3-14H,1-2H3;/q-2;+2. The van der Waals surface area contributed by atoms with Gasteiger partial charge in [0.05, 0.1) is 0 Å². The summed E-state index contributed by atoms with van der Waals surface area (Å²) >= 11 is 0. The maximum absolute atomic E-state index is 4.85. The Labute approximate surface area is 210 Å². The van der Waals surface area contributed by atoms with Crippen LogP contribution in [0.15, 0.2) is 73.1 Å². The Hall–Kier alpha value is -3.77. The molecule has 0 aliphatic heterocycles. The van der Waals surface area contributed by atoms with E-state index in [2.05, 4.69) is 46.4 Å². The van der Waals surface area contributed by atoms with E-state index in [1.165, 1.54) is 0 Å². The number of para-hydroxylation sites is 4. The number of benzene rings is 2. The van der Waals surface area contributed by atoms with E-state index in [9.17, 15) is 0 Å². The van der Waals surface area contributed by atoms with Gasteiger partial charge in [-0.3, -0.25) is 19.9 Å². The zero-order chi connectivity index (χ0) is 22.4. The first-order valence-electron chi connectivity index (χ1n) is 10.5. The molecule has 0 bridgehead atoms. The first kappa shape index (κ1) is 22.0. The van der Waals surface area contributed by atoms with Gasteiger partial charge in [-0.15, -0.1) is 0 Å². The number of rotatable bonds is 4. The molecule has 4 aromatic heterocycles. The number of aromatic nitrogens is 8. The summed E-state index contributed by atoms with van der Waals surface area (Å²) in [6.07, 6.45) is 9.49. The van der Waals surface area contributed by atoms with E-state index in [0.29, 0.717) is 11.9 Å². The predicted molar refractivity (Wildman–Crippen MR) is 123 cm³/mol. The van der Waals surface area contributed by atoms with Crippen molar-refractivity contribution in [3.05, 3.63) is 97.1 Å². The summed E-state index contributed by atoms with van der Waals surface area (Å²) in [5, 5.41) is 0. The van der Waals surface area contributed by atoms with E-state index >= 15 is 0 Å². The molecule has 6 rings (SSSR count). The summed E-state index contributed by atoms with van der Waals surface area (Å²) in [5.41, 5.74) is 4.62. The van der Waals surface area contributed by atoms with Crippen molar-refractivity contribution in [2.45, 2.75) is 19.3 Å². The molecule has 0 spiro atoms. The van der Waals surface area contributed by atoms with E-state index in [-0.39, 0.29) is 21.1 Å². The summed E-state index contributed by atoms with van der Waals surface area (Å²) in [7, 11) is 0. The molecule has 0 saturated carbocycles. The van der Waals surface area contributed by atoms with Gasteiger partial charge < -0.3 is 19.1 Å². The molecule has 8 nitrogen and oxygen atoms in total. The summed E-state index contributed by atoms with van der Waals surface area (Å²) in [4.78, 5) is 27.3. The maximum atomic E-state index is 4.85. The Morgan fingerprint density at radius 1 is 0.647 bits per heavy atom. The topological polar surface area (TPSA) is 87.2 Å². The second kappa shape index (κ2) is 8.54. The molecule has 0 N–H and O–H groups in total. The van der Waals surface area contributed by atoms with Gasteiger partial charge in [0.25, 0.3) is 0 Å². The first-order valence-corrected chi connectivity index (χ1v) is 10.5. The van der Waals surface area contributed by atoms with Gasteiger partial charge in [0.15, 0.2) is 0 Å². The Morgan fingerprint density at radius 2 is 1.09 bits per heavy atom. The summed E-state index contributed by atoms with van der Waals surface area (Å²) in [5.74, 6) is 1.02. The Morgan fingerprint density at radius 3 is 1.56 bits per heavy atom. The average Bonchev–Trinajstić information content (AvgIpc) is 3.49. The molecule has 0 aliphatic carbocycles. The zero-order valence-corrected chi connectivity index (χ0v) is 20.6. The minimum Gasteiger partial charge on any atom is -0.396 e.